The quantitative estimate of drug-likeness (QED) is 0.708. The van der Waals surface area contributed by atoms with Gasteiger partial charge in [-0.15, -0.1) is 22.7 Å². The second-order valence-electron chi connectivity index (χ2n) is 4.08. The molecule has 0 aromatic carbocycles. The van der Waals surface area contributed by atoms with Gasteiger partial charge in [0.1, 0.15) is 0 Å². The molecule has 0 saturated heterocycles. The van der Waals surface area contributed by atoms with E-state index in [0.29, 0.717) is 9.20 Å². The standard InChI is InChI=1S/C14H8BrNO3S2/c15-8-4-9(20-7-8)5-12-14(18)16-13(21-12)6-10(17)11-2-1-3-19-11/h1-7H,(H,16,18). The van der Waals surface area contributed by atoms with Crippen molar-refractivity contribution in [3.05, 3.63) is 64.5 Å². The molecular formula is C14H8BrNO3S2. The molecule has 106 valence electrons. The number of nitrogens with one attached hydrogen (secondary N) is 1. The lowest BCUT2D eigenvalue weighted by Crippen LogP contribution is -2.19. The molecule has 0 amide bonds. The number of H-pyrrole nitrogens is 1. The molecule has 1 N–H and O–H groups in total. The van der Waals surface area contributed by atoms with Crippen LogP contribution in [0.15, 0.2) is 43.5 Å². The predicted molar refractivity (Wildman–Crippen MR) is 87.3 cm³/mol. The Hall–Kier alpha value is -1.70. The fraction of sp³-hybridized carbons (Fsp3) is 0. The monoisotopic (exact) mass is 381 g/mol. The number of hydrogen-bond donors (Lipinski definition) is 1. The number of thiazole rings is 1. The van der Waals surface area contributed by atoms with Gasteiger partial charge < -0.3 is 9.40 Å². The van der Waals surface area contributed by atoms with E-state index in [4.69, 9.17) is 4.42 Å². The van der Waals surface area contributed by atoms with Crippen LogP contribution < -0.4 is 14.8 Å². The number of ketones is 1. The number of thiophene rings is 1. The van der Waals surface area contributed by atoms with E-state index in [1.807, 2.05) is 11.4 Å². The van der Waals surface area contributed by atoms with Crippen molar-refractivity contribution in [2.45, 2.75) is 0 Å². The zero-order chi connectivity index (χ0) is 14.8. The van der Waals surface area contributed by atoms with E-state index in [2.05, 4.69) is 20.9 Å². The maximum Gasteiger partial charge on any atom is 0.266 e. The van der Waals surface area contributed by atoms with Crippen molar-refractivity contribution in [2.24, 2.45) is 0 Å². The molecule has 3 heterocycles. The molecule has 7 heteroatoms. The van der Waals surface area contributed by atoms with Gasteiger partial charge in [-0.25, -0.2) is 0 Å². The molecule has 0 aliphatic heterocycles. The fourth-order valence-corrected chi connectivity index (χ4v) is 3.99. The van der Waals surface area contributed by atoms with Crippen LogP contribution in [-0.4, -0.2) is 10.8 Å². The Balaban J connectivity index is 2.00. The number of carbonyl (C=O) groups is 1. The lowest BCUT2D eigenvalue weighted by atomic mass is 10.3. The van der Waals surface area contributed by atoms with Crippen LogP contribution in [0.3, 0.4) is 0 Å². The first-order chi connectivity index (χ1) is 10.1. The topological polar surface area (TPSA) is 63.1 Å². The number of aromatic amines is 1. The van der Waals surface area contributed by atoms with Gasteiger partial charge in [0.2, 0.25) is 5.78 Å². The van der Waals surface area contributed by atoms with Crippen LogP contribution in [0, 0.1) is 0 Å². The molecule has 3 aromatic rings. The summed E-state index contributed by atoms with van der Waals surface area (Å²) in [5.74, 6) is -0.0279. The lowest BCUT2D eigenvalue weighted by molar-refractivity contribution is 0.103. The number of halogens is 1. The molecule has 4 nitrogen and oxygen atoms in total. The number of rotatable bonds is 3. The van der Waals surface area contributed by atoms with E-state index in [-0.39, 0.29) is 17.1 Å². The Morgan fingerprint density at radius 3 is 2.95 bits per heavy atom. The third-order valence-electron chi connectivity index (χ3n) is 2.57. The highest BCUT2D eigenvalue weighted by Gasteiger charge is 2.05. The first-order valence-corrected chi connectivity index (χ1v) is 8.35. The summed E-state index contributed by atoms with van der Waals surface area (Å²) in [6.45, 7) is 0. The maximum absolute atomic E-state index is 11.9. The Labute approximate surface area is 135 Å². The van der Waals surface area contributed by atoms with Crippen LogP contribution in [0.1, 0.15) is 15.4 Å². The molecule has 21 heavy (non-hydrogen) atoms. The summed E-state index contributed by atoms with van der Waals surface area (Å²) in [7, 11) is 0. The van der Waals surface area contributed by atoms with Gasteiger partial charge in [0.05, 0.1) is 15.5 Å². The summed E-state index contributed by atoms with van der Waals surface area (Å²) in [6.07, 6.45) is 4.60. The van der Waals surface area contributed by atoms with Gasteiger partial charge in [-0.3, -0.25) is 9.59 Å². The average molecular weight is 382 g/mol. The first-order valence-electron chi connectivity index (χ1n) is 5.86. The smallest absolute Gasteiger partial charge is 0.266 e. The van der Waals surface area contributed by atoms with E-state index in [0.717, 1.165) is 9.35 Å². The molecule has 0 aliphatic rings. The van der Waals surface area contributed by atoms with Crippen molar-refractivity contribution in [1.82, 2.24) is 4.98 Å². The van der Waals surface area contributed by atoms with Crippen molar-refractivity contribution in [3.63, 3.8) is 0 Å². The molecule has 0 aliphatic carbocycles. The van der Waals surface area contributed by atoms with Crippen LogP contribution in [0.4, 0.5) is 0 Å². The minimum Gasteiger partial charge on any atom is -0.461 e. The third kappa shape index (κ3) is 3.31. The first kappa shape index (κ1) is 14.2. The van der Waals surface area contributed by atoms with Gasteiger partial charge in [-0.05, 0) is 40.2 Å². The summed E-state index contributed by atoms with van der Waals surface area (Å²) in [5, 5.41) is 1.95. The Morgan fingerprint density at radius 2 is 2.29 bits per heavy atom. The number of hydrogen-bond acceptors (Lipinski definition) is 5. The van der Waals surface area contributed by atoms with E-state index in [9.17, 15) is 9.59 Å². The molecule has 0 spiro atoms. The molecule has 0 fully saturated rings. The summed E-state index contributed by atoms with van der Waals surface area (Å²) in [6, 6.07) is 5.16. The minimum absolute atomic E-state index is 0.206. The highest BCUT2D eigenvalue weighted by molar-refractivity contribution is 9.10. The second kappa shape index (κ2) is 5.97. The molecule has 3 rings (SSSR count). The van der Waals surface area contributed by atoms with E-state index in [1.165, 1.54) is 35.0 Å². The van der Waals surface area contributed by atoms with Gasteiger partial charge in [0.15, 0.2) is 5.76 Å². The van der Waals surface area contributed by atoms with E-state index < -0.39 is 0 Å². The molecule has 0 radical (unpaired) electrons. The predicted octanol–water partition coefficient (Wildman–Crippen LogP) is 2.35. The van der Waals surface area contributed by atoms with Crippen molar-refractivity contribution in [1.29, 1.82) is 0 Å². The van der Waals surface area contributed by atoms with Gasteiger partial charge in [0, 0.05) is 20.8 Å². The fourth-order valence-electron chi connectivity index (χ4n) is 1.67. The van der Waals surface area contributed by atoms with Crippen LogP contribution in [-0.2, 0) is 0 Å². The molecular weight excluding hydrogens is 374 g/mol. The van der Waals surface area contributed by atoms with Gasteiger partial charge in [0.25, 0.3) is 5.56 Å². The SMILES string of the molecule is O=C(C=c1[nH]c(=O)c(=Cc2cc(Br)cs2)s1)c1ccco1. The van der Waals surface area contributed by atoms with Crippen molar-refractivity contribution < 1.29 is 9.21 Å². The van der Waals surface area contributed by atoms with Crippen molar-refractivity contribution in [2.75, 3.05) is 0 Å². The Kier molecular flexibility index (Phi) is 4.05. The molecule has 0 atom stereocenters. The minimum atomic E-state index is -0.275. The zero-order valence-electron chi connectivity index (χ0n) is 10.5. The second-order valence-corrected chi connectivity index (χ2v) is 7.02. The van der Waals surface area contributed by atoms with E-state index >= 15 is 0 Å². The summed E-state index contributed by atoms with van der Waals surface area (Å²) in [5.41, 5.74) is -0.206. The Bertz CT molecular complexity index is 947. The van der Waals surface area contributed by atoms with Crippen molar-refractivity contribution in [3.8, 4) is 0 Å². The van der Waals surface area contributed by atoms with Gasteiger partial charge in [-0.2, -0.15) is 0 Å². The summed E-state index contributed by atoms with van der Waals surface area (Å²) < 4.78 is 7.06. The van der Waals surface area contributed by atoms with Crippen LogP contribution in [0.25, 0.3) is 12.2 Å². The zero-order valence-corrected chi connectivity index (χ0v) is 13.7. The van der Waals surface area contributed by atoms with Gasteiger partial charge >= 0.3 is 0 Å². The molecule has 0 bridgehead atoms. The Morgan fingerprint density at radius 1 is 1.43 bits per heavy atom. The summed E-state index contributed by atoms with van der Waals surface area (Å²) >= 11 is 6.14. The normalized spacial score (nSPS) is 13.0. The largest absolute Gasteiger partial charge is 0.461 e. The number of Topliss-reactive ketones (excluding diaryl/α,β-unsaturated/α-hetero) is 1. The van der Waals surface area contributed by atoms with Crippen LogP contribution in [0.2, 0.25) is 0 Å². The molecule has 0 unspecified atom stereocenters. The van der Waals surface area contributed by atoms with Gasteiger partial charge in [-0.1, -0.05) is 0 Å². The number of aromatic nitrogens is 1. The summed E-state index contributed by atoms with van der Waals surface area (Å²) in [4.78, 5) is 27.4. The highest BCUT2D eigenvalue weighted by Crippen LogP contribution is 2.19. The molecule has 3 aromatic heterocycles. The highest BCUT2D eigenvalue weighted by atomic mass is 79.9. The third-order valence-corrected chi connectivity index (χ3v) is 5.17. The van der Waals surface area contributed by atoms with E-state index in [1.54, 1.807) is 18.2 Å². The van der Waals surface area contributed by atoms with Crippen molar-refractivity contribution >= 4 is 56.5 Å². The molecule has 0 saturated carbocycles. The number of carbonyl (C=O) groups excluding carboxylic acids is 1. The van der Waals surface area contributed by atoms with Crippen LogP contribution in [0.5, 0.6) is 0 Å². The average Bonchev–Trinajstić information content (AvgIpc) is 3.14. The lowest BCUT2D eigenvalue weighted by Gasteiger charge is -1.84. The van der Waals surface area contributed by atoms with Crippen LogP contribution >= 0.6 is 38.6 Å². The maximum atomic E-state index is 11.9. The number of furan rings is 1.